The van der Waals surface area contributed by atoms with Gasteiger partial charge in [0.15, 0.2) is 5.90 Å². The standard InChI is InChI=1S/C8H12N2O.Pt/c1-6(2)7-5-11-8(10-7)3-4-9;/h6-7H,3,5H2,1-2H3;/t7-;/m0./s1. The van der Waals surface area contributed by atoms with Crippen molar-refractivity contribution in [2.45, 2.75) is 26.3 Å². The third-order valence-electron chi connectivity index (χ3n) is 1.73. The van der Waals surface area contributed by atoms with Crippen LogP contribution in [0.5, 0.6) is 0 Å². The molecular weight excluding hydrogens is 335 g/mol. The number of nitriles is 1. The first-order chi connectivity index (χ1) is 5.24. The summed E-state index contributed by atoms with van der Waals surface area (Å²) < 4.78 is 5.19. The van der Waals surface area contributed by atoms with Crippen LogP contribution in [0.3, 0.4) is 0 Å². The van der Waals surface area contributed by atoms with Gasteiger partial charge >= 0.3 is 0 Å². The van der Waals surface area contributed by atoms with Crippen molar-refractivity contribution < 1.29 is 25.8 Å². The van der Waals surface area contributed by atoms with Gasteiger partial charge in [-0.1, -0.05) is 13.8 Å². The first-order valence-electron chi connectivity index (χ1n) is 3.80. The predicted molar refractivity (Wildman–Crippen MR) is 42.2 cm³/mol. The molecule has 0 unspecified atom stereocenters. The van der Waals surface area contributed by atoms with E-state index in [1.807, 2.05) is 6.07 Å². The van der Waals surface area contributed by atoms with Gasteiger partial charge in [0.05, 0.1) is 12.1 Å². The number of rotatable bonds is 2. The summed E-state index contributed by atoms with van der Waals surface area (Å²) in [4.78, 5) is 4.25. The fourth-order valence-electron chi connectivity index (χ4n) is 0.947. The van der Waals surface area contributed by atoms with Crippen molar-refractivity contribution in [2.24, 2.45) is 10.9 Å². The second-order valence-electron chi connectivity index (χ2n) is 2.98. The fourth-order valence-corrected chi connectivity index (χ4v) is 0.947. The van der Waals surface area contributed by atoms with E-state index in [-0.39, 0.29) is 27.1 Å². The molecule has 0 aliphatic carbocycles. The van der Waals surface area contributed by atoms with Crippen molar-refractivity contribution >= 4 is 5.90 Å². The average Bonchev–Trinajstić information content (AvgIpc) is 2.37. The topological polar surface area (TPSA) is 45.4 Å². The van der Waals surface area contributed by atoms with Gasteiger partial charge in [0, 0.05) is 21.1 Å². The molecule has 0 aromatic rings. The molecule has 70 valence electrons. The molecule has 12 heavy (non-hydrogen) atoms. The zero-order valence-corrected chi connectivity index (χ0v) is 9.46. The molecule has 1 atom stereocenters. The van der Waals surface area contributed by atoms with Crippen molar-refractivity contribution in [3.05, 3.63) is 0 Å². The normalized spacial score (nSPS) is 20.8. The zero-order valence-electron chi connectivity index (χ0n) is 7.19. The molecule has 0 radical (unpaired) electrons. The molecule has 1 heterocycles. The number of hydrogen-bond acceptors (Lipinski definition) is 3. The van der Waals surface area contributed by atoms with Crippen LogP contribution >= 0.6 is 0 Å². The Kier molecular flexibility index (Phi) is 5.17. The van der Waals surface area contributed by atoms with E-state index in [9.17, 15) is 0 Å². The van der Waals surface area contributed by atoms with Gasteiger partial charge in [-0.2, -0.15) is 5.26 Å². The Morgan fingerprint density at radius 2 is 2.42 bits per heavy atom. The van der Waals surface area contributed by atoms with Crippen LogP contribution in [-0.2, 0) is 25.8 Å². The quantitative estimate of drug-likeness (QED) is 0.757. The smallest absolute Gasteiger partial charge is 0.198 e. The molecule has 0 fully saturated rings. The zero-order chi connectivity index (χ0) is 8.27. The Balaban J connectivity index is 0.00000121. The van der Waals surface area contributed by atoms with Crippen LogP contribution in [0.25, 0.3) is 0 Å². The van der Waals surface area contributed by atoms with Crippen molar-refractivity contribution in [2.75, 3.05) is 6.61 Å². The molecule has 3 nitrogen and oxygen atoms in total. The van der Waals surface area contributed by atoms with E-state index in [1.54, 1.807) is 0 Å². The summed E-state index contributed by atoms with van der Waals surface area (Å²) in [5.74, 6) is 1.11. The molecule has 4 heteroatoms. The van der Waals surface area contributed by atoms with Crippen LogP contribution in [0, 0.1) is 17.2 Å². The van der Waals surface area contributed by atoms with Crippen molar-refractivity contribution in [1.29, 1.82) is 5.26 Å². The summed E-state index contributed by atoms with van der Waals surface area (Å²) in [5.41, 5.74) is 0. The minimum atomic E-state index is 0. The number of aliphatic imine (C=N–C) groups is 1. The molecule has 0 amide bonds. The van der Waals surface area contributed by atoms with Crippen LogP contribution in [-0.4, -0.2) is 18.5 Å². The molecule has 0 spiro atoms. The molecule has 1 aliphatic rings. The van der Waals surface area contributed by atoms with Gasteiger partial charge in [0.1, 0.15) is 13.0 Å². The predicted octanol–water partition coefficient (Wildman–Crippen LogP) is 1.35. The second kappa shape index (κ2) is 5.32. The third-order valence-corrected chi connectivity index (χ3v) is 1.73. The molecule has 1 rings (SSSR count). The Morgan fingerprint density at radius 1 is 1.75 bits per heavy atom. The first-order valence-corrected chi connectivity index (χ1v) is 3.80. The summed E-state index contributed by atoms with van der Waals surface area (Å²) in [5, 5.41) is 8.34. The minimum absolute atomic E-state index is 0. The molecule has 0 N–H and O–H groups in total. The largest absolute Gasteiger partial charge is 0.478 e. The van der Waals surface area contributed by atoms with Crippen molar-refractivity contribution in [3.63, 3.8) is 0 Å². The van der Waals surface area contributed by atoms with Crippen molar-refractivity contribution in [1.82, 2.24) is 0 Å². The Morgan fingerprint density at radius 3 is 2.83 bits per heavy atom. The molecule has 0 saturated carbocycles. The maximum atomic E-state index is 8.34. The maximum Gasteiger partial charge on any atom is 0.198 e. The number of hydrogen-bond donors (Lipinski definition) is 0. The summed E-state index contributed by atoms with van der Waals surface area (Å²) >= 11 is 0. The number of ether oxygens (including phenoxy) is 1. The summed E-state index contributed by atoms with van der Waals surface area (Å²) in [6, 6.07) is 2.28. The van der Waals surface area contributed by atoms with E-state index in [4.69, 9.17) is 10.00 Å². The molecular formula is C8H12N2OPt. The van der Waals surface area contributed by atoms with Gasteiger partial charge in [0.2, 0.25) is 0 Å². The van der Waals surface area contributed by atoms with Gasteiger partial charge in [-0.3, -0.25) is 0 Å². The summed E-state index contributed by atoms with van der Waals surface area (Å²) in [6.07, 6.45) is 0.309. The van der Waals surface area contributed by atoms with Gasteiger partial charge in [0.25, 0.3) is 0 Å². The van der Waals surface area contributed by atoms with Crippen LogP contribution in [0.15, 0.2) is 4.99 Å². The third kappa shape index (κ3) is 2.95. The van der Waals surface area contributed by atoms with E-state index >= 15 is 0 Å². The summed E-state index contributed by atoms with van der Waals surface area (Å²) in [7, 11) is 0. The van der Waals surface area contributed by atoms with Crippen LogP contribution < -0.4 is 0 Å². The van der Waals surface area contributed by atoms with Crippen LogP contribution in [0.4, 0.5) is 0 Å². The van der Waals surface area contributed by atoms with Gasteiger partial charge in [-0.25, -0.2) is 4.99 Å². The first kappa shape index (κ1) is 11.6. The van der Waals surface area contributed by atoms with E-state index in [0.29, 0.717) is 24.8 Å². The molecule has 0 saturated heterocycles. The van der Waals surface area contributed by atoms with Crippen LogP contribution in [0.1, 0.15) is 20.3 Å². The average molecular weight is 347 g/mol. The van der Waals surface area contributed by atoms with E-state index in [0.717, 1.165) is 0 Å². The molecule has 1 aliphatic heterocycles. The minimum Gasteiger partial charge on any atom is -0.478 e. The Labute approximate surface area is 87.1 Å². The van der Waals surface area contributed by atoms with Crippen LogP contribution in [0.2, 0.25) is 0 Å². The molecule has 0 aromatic heterocycles. The number of nitrogens with zero attached hydrogens (tertiary/aromatic N) is 2. The second-order valence-corrected chi connectivity index (χ2v) is 2.98. The Hall–Kier alpha value is -0.352. The maximum absolute atomic E-state index is 8.34. The van der Waals surface area contributed by atoms with E-state index < -0.39 is 0 Å². The fraction of sp³-hybridized carbons (Fsp3) is 0.750. The molecule has 0 bridgehead atoms. The van der Waals surface area contributed by atoms with Gasteiger partial charge < -0.3 is 4.74 Å². The molecule has 0 aromatic carbocycles. The van der Waals surface area contributed by atoms with E-state index in [2.05, 4.69) is 18.8 Å². The SMILES string of the molecule is CC(C)[C@@H]1COC(CC#N)=N1.[Pt]. The van der Waals surface area contributed by atoms with E-state index in [1.165, 1.54) is 0 Å². The summed E-state index contributed by atoms with van der Waals surface area (Å²) in [6.45, 7) is 4.86. The van der Waals surface area contributed by atoms with Crippen molar-refractivity contribution in [3.8, 4) is 6.07 Å². The van der Waals surface area contributed by atoms with Gasteiger partial charge in [-0.15, -0.1) is 0 Å². The monoisotopic (exact) mass is 347 g/mol. The Bertz CT molecular complexity index is 208. The van der Waals surface area contributed by atoms with Gasteiger partial charge in [-0.05, 0) is 5.92 Å².